The monoisotopic (exact) mass is 773 g/mol. The highest BCUT2D eigenvalue weighted by molar-refractivity contribution is 9.10. The minimum Gasteiger partial charge on any atom is -0.334 e. The third-order valence-corrected chi connectivity index (χ3v) is 11.9. The summed E-state index contributed by atoms with van der Waals surface area (Å²) < 4.78 is 3.12. The van der Waals surface area contributed by atoms with Crippen LogP contribution in [0.3, 0.4) is 0 Å². The number of rotatable bonds is 12. The van der Waals surface area contributed by atoms with E-state index < -0.39 is 11.6 Å². The lowest BCUT2D eigenvalue weighted by molar-refractivity contribution is -0.171. The first-order chi connectivity index (χ1) is 25.9. The lowest BCUT2D eigenvalue weighted by Crippen LogP contribution is -2.56. The van der Waals surface area contributed by atoms with E-state index in [1.165, 1.54) is 31.4 Å². The normalized spacial score (nSPS) is 19.3. The van der Waals surface area contributed by atoms with E-state index in [4.69, 9.17) is 9.82 Å². The van der Waals surface area contributed by atoms with Crippen LogP contribution in [0.4, 0.5) is 0 Å². The number of imidazole rings is 1. The van der Waals surface area contributed by atoms with E-state index in [9.17, 15) is 9.59 Å². The van der Waals surface area contributed by atoms with Gasteiger partial charge in [0.1, 0.15) is 5.54 Å². The SMILES string of the molecule is CON(C)C(=O)[C@H](Cc1cn(C(c2ccccc2)(c2ccccc2)c2ccccc2)cn1)NC[C@H]1C[C@@H]2CCCC[C@H]2CN1C(=O)c1ccc(Br)cc1. The summed E-state index contributed by atoms with van der Waals surface area (Å²) in [5, 5.41) is 4.89. The van der Waals surface area contributed by atoms with Crippen LogP contribution in [0, 0.1) is 11.8 Å². The van der Waals surface area contributed by atoms with Crippen molar-refractivity contribution in [1.29, 1.82) is 0 Å². The lowest BCUT2D eigenvalue weighted by Gasteiger charge is -2.46. The summed E-state index contributed by atoms with van der Waals surface area (Å²) in [6.07, 6.45) is 10.0. The van der Waals surface area contributed by atoms with Gasteiger partial charge in [0, 0.05) is 48.8 Å². The van der Waals surface area contributed by atoms with Crippen molar-refractivity contribution < 1.29 is 14.4 Å². The molecule has 7 rings (SSSR count). The number of halogens is 1. The molecule has 1 saturated carbocycles. The third kappa shape index (κ3) is 7.74. The Morgan fingerprint density at radius 2 is 1.43 bits per heavy atom. The van der Waals surface area contributed by atoms with Gasteiger partial charge in [-0.15, -0.1) is 0 Å². The number of likely N-dealkylation sites (tertiary alicyclic amines) is 1. The molecule has 53 heavy (non-hydrogen) atoms. The number of carbonyl (C=O) groups is 2. The summed E-state index contributed by atoms with van der Waals surface area (Å²) in [6.45, 7) is 1.23. The van der Waals surface area contributed by atoms with Crippen LogP contribution in [0.25, 0.3) is 0 Å². The highest BCUT2D eigenvalue weighted by Gasteiger charge is 2.41. The average Bonchev–Trinajstić information content (AvgIpc) is 3.68. The number of benzene rings is 4. The molecule has 0 bridgehead atoms. The van der Waals surface area contributed by atoms with Crippen LogP contribution in [-0.4, -0.2) is 70.7 Å². The molecule has 2 aliphatic rings. The lowest BCUT2D eigenvalue weighted by atomic mass is 9.72. The molecule has 5 aromatic rings. The first kappa shape index (κ1) is 36.8. The van der Waals surface area contributed by atoms with E-state index in [1.807, 2.05) is 48.8 Å². The van der Waals surface area contributed by atoms with Crippen LogP contribution >= 0.6 is 15.9 Å². The molecule has 0 spiro atoms. The summed E-state index contributed by atoms with van der Waals surface area (Å²) in [7, 11) is 3.14. The molecule has 274 valence electrons. The Morgan fingerprint density at radius 1 is 0.868 bits per heavy atom. The smallest absolute Gasteiger partial charge is 0.263 e. The Balaban J connectivity index is 1.20. The summed E-state index contributed by atoms with van der Waals surface area (Å²) in [4.78, 5) is 40.4. The molecule has 1 saturated heterocycles. The number of amides is 2. The Bertz CT molecular complexity index is 1860. The first-order valence-electron chi connectivity index (χ1n) is 18.7. The summed E-state index contributed by atoms with van der Waals surface area (Å²) in [5.74, 6) is 0.945. The van der Waals surface area contributed by atoms with Gasteiger partial charge in [-0.2, -0.15) is 0 Å². The first-order valence-corrected chi connectivity index (χ1v) is 19.5. The fourth-order valence-electron chi connectivity index (χ4n) is 8.60. The molecule has 1 aliphatic heterocycles. The van der Waals surface area contributed by atoms with Gasteiger partial charge in [-0.05, 0) is 65.6 Å². The van der Waals surface area contributed by atoms with Crippen LogP contribution in [0.2, 0.25) is 0 Å². The maximum atomic E-state index is 14.0. The minimum atomic E-state index is -0.711. The van der Waals surface area contributed by atoms with Gasteiger partial charge in [0.05, 0.1) is 25.2 Å². The number of carbonyl (C=O) groups excluding carboxylic acids is 2. The summed E-state index contributed by atoms with van der Waals surface area (Å²) in [5.41, 5.74) is 4.03. The molecule has 8 nitrogen and oxygen atoms in total. The van der Waals surface area contributed by atoms with Crippen LogP contribution in [0.15, 0.2) is 132 Å². The number of piperidine rings is 1. The van der Waals surface area contributed by atoms with Gasteiger partial charge in [-0.25, -0.2) is 10.0 Å². The molecule has 4 aromatic carbocycles. The van der Waals surface area contributed by atoms with Gasteiger partial charge < -0.3 is 14.8 Å². The molecular weight excluding hydrogens is 726 g/mol. The maximum absolute atomic E-state index is 14.0. The van der Waals surface area contributed by atoms with Crippen LogP contribution in [0.5, 0.6) is 0 Å². The number of hydrogen-bond donors (Lipinski definition) is 1. The number of likely N-dealkylation sites (N-methyl/N-ethyl adjacent to an activating group) is 1. The van der Waals surface area contributed by atoms with Crippen molar-refractivity contribution in [3.05, 3.63) is 160 Å². The van der Waals surface area contributed by atoms with Crippen molar-refractivity contribution in [1.82, 2.24) is 24.8 Å². The zero-order valence-corrected chi connectivity index (χ0v) is 32.1. The standard InChI is InChI=1S/C44H48BrN5O3/c1-48(53-2)43(52)41(46-28-40-26-33-14-12-13-15-34(33)29-50(40)42(51)32-22-24-38(45)25-23-32)27-39-30-49(31-47-39)44(35-16-6-3-7-17-35,36-18-8-4-9-19-36)37-20-10-5-11-21-37/h3-11,16-25,30-31,33-34,40-41,46H,12-15,26-29H2,1-2H3/t33-,34-,40+,41-/m0/s1. The second-order valence-electron chi connectivity index (χ2n) is 14.4. The largest absolute Gasteiger partial charge is 0.334 e. The summed E-state index contributed by atoms with van der Waals surface area (Å²) in [6, 6.07) is 38.4. The molecule has 2 heterocycles. The highest BCUT2D eigenvalue weighted by Crippen LogP contribution is 2.41. The van der Waals surface area contributed by atoms with E-state index in [1.54, 1.807) is 7.05 Å². The fourth-order valence-corrected chi connectivity index (χ4v) is 8.86. The second-order valence-corrected chi connectivity index (χ2v) is 15.3. The Kier molecular flexibility index (Phi) is 11.5. The Labute approximate surface area is 321 Å². The zero-order valence-electron chi connectivity index (χ0n) is 30.5. The van der Waals surface area contributed by atoms with Gasteiger partial charge in [-0.3, -0.25) is 14.4 Å². The molecule has 4 atom stereocenters. The van der Waals surface area contributed by atoms with Crippen molar-refractivity contribution in [3.63, 3.8) is 0 Å². The molecule has 9 heteroatoms. The number of fused-ring (bicyclic) bond motifs is 1. The third-order valence-electron chi connectivity index (χ3n) is 11.4. The minimum absolute atomic E-state index is 0.0445. The van der Waals surface area contributed by atoms with Crippen LogP contribution in [-0.2, 0) is 21.6 Å². The number of nitrogens with zero attached hydrogens (tertiary/aromatic N) is 4. The average molecular weight is 775 g/mol. The molecule has 0 radical (unpaired) electrons. The highest BCUT2D eigenvalue weighted by atomic mass is 79.9. The van der Waals surface area contributed by atoms with Gasteiger partial charge >= 0.3 is 0 Å². The number of nitrogens with one attached hydrogen (secondary N) is 1. The van der Waals surface area contributed by atoms with Crippen molar-refractivity contribution in [3.8, 4) is 0 Å². The molecule has 1 aromatic heterocycles. The molecule has 1 aliphatic carbocycles. The van der Waals surface area contributed by atoms with E-state index in [0.717, 1.165) is 46.2 Å². The zero-order chi connectivity index (χ0) is 36.8. The second kappa shape index (κ2) is 16.6. The van der Waals surface area contributed by atoms with Crippen molar-refractivity contribution in [2.75, 3.05) is 27.2 Å². The Hall–Kier alpha value is -4.57. The number of aromatic nitrogens is 2. The quantitative estimate of drug-likeness (QED) is 0.104. The molecule has 0 unspecified atom stereocenters. The summed E-state index contributed by atoms with van der Waals surface area (Å²) >= 11 is 3.51. The van der Waals surface area contributed by atoms with Crippen LogP contribution in [0.1, 0.15) is 64.8 Å². The van der Waals surface area contributed by atoms with Gasteiger partial charge in [-0.1, -0.05) is 126 Å². The Morgan fingerprint density at radius 3 is 2.00 bits per heavy atom. The van der Waals surface area contributed by atoms with Crippen molar-refractivity contribution in [2.45, 2.75) is 56.1 Å². The topological polar surface area (TPSA) is 79.7 Å². The maximum Gasteiger partial charge on any atom is 0.263 e. The number of hydrogen-bond acceptors (Lipinski definition) is 5. The molecule has 1 N–H and O–H groups in total. The van der Waals surface area contributed by atoms with E-state index in [0.29, 0.717) is 30.4 Å². The van der Waals surface area contributed by atoms with Gasteiger partial charge in [0.15, 0.2) is 0 Å². The van der Waals surface area contributed by atoms with Gasteiger partial charge in [0.25, 0.3) is 11.8 Å². The van der Waals surface area contributed by atoms with Crippen molar-refractivity contribution in [2.24, 2.45) is 11.8 Å². The van der Waals surface area contributed by atoms with E-state index in [2.05, 4.69) is 110 Å². The molecule has 2 fully saturated rings. The van der Waals surface area contributed by atoms with E-state index in [-0.39, 0.29) is 17.9 Å². The fraction of sp³-hybridized carbons (Fsp3) is 0.341. The van der Waals surface area contributed by atoms with E-state index >= 15 is 0 Å². The van der Waals surface area contributed by atoms with Gasteiger partial charge in [0.2, 0.25) is 0 Å². The molecule has 2 amide bonds. The molecular formula is C44H48BrN5O3. The van der Waals surface area contributed by atoms with Crippen molar-refractivity contribution >= 4 is 27.7 Å². The van der Waals surface area contributed by atoms with Crippen LogP contribution < -0.4 is 5.32 Å². The number of hydroxylamine groups is 2. The predicted molar refractivity (Wildman–Crippen MR) is 211 cm³/mol. The predicted octanol–water partition coefficient (Wildman–Crippen LogP) is 7.73.